The average Bonchev–Trinajstić information content (AvgIpc) is 2.26. The minimum Gasteiger partial charge on any atom is -0.368 e. The van der Waals surface area contributed by atoms with Crippen LogP contribution in [0.1, 0.15) is 39.5 Å². The fourth-order valence-electron chi connectivity index (χ4n) is 2.17. The Kier molecular flexibility index (Phi) is 5.40. The highest BCUT2D eigenvalue weighted by Crippen LogP contribution is 2.27. The van der Waals surface area contributed by atoms with Crippen molar-refractivity contribution >= 4 is 5.91 Å². The van der Waals surface area contributed by atoms with Crippen LogP contribution in [0.4, 0.5) is 0 Å². The third-order valence-corrected chi connectivity index (χ3v) is 4.21. The van der Waals surface area contributed by atoms with E-state index >= 15 is 0 Å². The van der Waals surface area contributed by atoms with Gasteiger partial charge >= 0.3 is 0 Å². The van der Waals surface area contributed by atoms with E-state index in [0.29, 0.717) is 0 Å². The molecular formula is C13H27N3O. The molecule has 1 unspecified atom stereocenters. The van der Waals surface area contributed by atoms with Gasteiger partial charge in [0.2, 0.25) is 5.91 Å². The Bertz CT molecular complexity index is 253. The first-order valence-corrected chi connectivity index (χ1v) is 6.73. The Morgan fingerprint density at radius 3 is 2.53 bits per heavy atom. The molecule has 1 fully saturated rings. The molecule has 4 nitrogen and oxygen atoms in total. The van der Waals surface area contributed by atoms with Crippen LogP contribution in [0, 0.1) is 5.92 Å². The number of primary amides is 1. The van der Waals surface area contributed by atoms with Gasteiger partial charge in [0.15, 0.2) is 0 Å². The number of likely N-dealkylation sites (N-methyl/N-ethyl adjacent to an activating group) is 1. The van der Waals surface area contributed by atoms with E-state index in [4.69, 9.17) is 5.73 Å². The smallest absolute Gasteiger partial charge is 0.237 e. The molecule has 0 aromatic heterocycles. The quantitative estimate of drug-likeness (QED) is 0.665. The molecule has 0 saturated heterocycles. The first-order valence-electron chi connectivity index (χ1n) is 6.73. The highest BCUT2D eigenvalue weighted by molar-refractivity contribution is 5.84. The Morgan fingerprint density at radius 2 is 2.18 bits per heavy atom. The molecule has 0 aromatic carbocycles. The van der Waals surface area contributed by atoms with Crippen molar-refractivity contribution < 1.29 is 4.79 Å². The normalized spacial score (nSPS) is 20.0. The van der Waals surface area contributed by atoms with Crippen LogP contribution in [0.25, 0.3) is 0 Å². The molecule has 0 bridgehead atoms. The molecule has 1 aliphatic rings. The van der Waals surface area contributed by atoms with Crippen molar-refractivity contribution in [2.24, 2.45) is 11.7 Å². The zero-order chi connectivity index (χ0) is 12.9. The second-order valence-corrected chi connectivity index (χ2v) is 5.39. The van der Waals surface area contributed by atoms with Crippen molar-refractivity contribution in [1.82, 2.24) is 10.2 Å². The van der Waals surface area contributed by atoms with Gasteiger partial charge in [-0.15, -0.1) is 0 Å². The molecule has 3 N–H and O–H groups in total. The van der Waals surface area contributed by atoms with Crippen LogP contribution in [0.15, 0.2) is 0 Å². The van der Waals surface area contributed by atoms with E-state index in [-0.39, 0.29) is 5.91 Å². The van der Waals surface area contributed by atoms with Gasteiger partial charge in [0.05, 0.1) is 5.54 Å². The lowest BCUT2D eigenvalue weighted by Gasteiger charge is -2.34. The maximum absolute atomic E-state index is 11.4. The zero-order valence-electron chi connectivity index (χ0n) is 11.5. The summed E-state index contributed by atoms with van der Waals surface area (Å²) in [4.78, 5) is 13.8. The van der Waals surface area contributed by atoms with E-state index in [1.165, 1.54) is 25.8 Å². The molecule has 0 aromatic rings. The van der Waals surface area contributed by atoms with E-state index in [0.717, 1.165) is 25.4 Å². The summed E-state index contributed by atoms with van der Waals surface area (Å²) in [5.74, 6) is 0.615. The predicted molar refractivity (Wildman–Crippen MR) is 70.7 cm³/mol. The molecule has 0 aliphatic heterocycles. The van der Waals surface area contributed by atoms with Crippen LogP contribution >= 0.6 is 0 Å². The van der Waals surface area contributed by atoms with Crippen molar-refractivity contribution in [3.63, 3.8) is 0 Å². The van der Waals surface area contributed by atoms with Gasteiger partial charge in [-0.2, -0.15) is 0 Å². The highest BCUT2D eigenvalue weighted by Gasteiger charge is 2.29. The summed E-state index contributed by atoms with van der Waals surface area (Å²) < 4.78 is 0. The molecule has 1 rings (SSSR count). The Hall–Kier alpha value is -0.610. The van der Waals surface area contributed by atoms with Gasteiger partial charge < -0.3 is 16.0 Å². The molecule has 100 valence electrons. The molecule has 1 saturated carbocycles. The third kappa shape index (κ3) is 3.96. The summed E-state index contributed by atoms with van der Waals surface area (Å²) in [7, 11) is 1.80. The minimum atomic E-state index is -0.576. The van der Waals surface area contributed by atoms with E-state index in [1.54, 1.807) is 7.05 Å². The molecule has 17 heavy (non-hydrogen) atoms. The molecule has 1 aliphatic carbocycles. The summed E-state index contributed by atoms with van der Waals surface area (Å²) in [6, 6.07) is 0. The highest BCUT2D eigenvalue weighted by atomic mass is 16.1. The number of carbonyl (C=O) groups excluding carboxylic acids is 1. The number of hydrogen-bond donors (Lipinski definition) is 2. The second kappa shape index (κ2) is 6.36. The largest absolute Gasteiger partial charge is 0.368 e. The van der Waals surface area contributed by atoms with Crippen molar-refractivity contribution in [3.8, 4) is 0 Å². The van der Waals surface area contributed by atoms with Crippen LogP contribution in [-0.2, 0) is 4.79 Å². The first kappa shape index (κ1) is 14.5. The van der Waals surface area contributed by atoms with Crippen molar-refractivity contribution in [1.29, 1.82) is 0 Å². The Labute approximate surface area is 105 Å². The maximum atomic E-state index is 11.4. The van der Waals surface area contributed by atoms with Crippen molar-refractivity contribution in [2.45, 2.75) is 45.1 Å². The minimum absolute atomic E-state index is 0.264. The van der Waals surface area contributed by atoms with Gasteiger partial charge in [-0.1, -0.05) is 13.3 Å². The summed E-state index contributed by atoms with van der Waals surface area (Å²) in [5, 5.41) is 3.04. The van der Waals surface area contributed by atoms with Gasteiger partial charge in [-0.05, 0) is 45.7 Å². The topological polar surface area (TPSA) is 58.4 Å². The number of rotatable bonds is 8. The molecule has 1 amide bonds. The molecule has 0 heterocycles. The number of hydrogen-bond acceptors (Lipinski definition) is 3. The van der Waals surface area contributed by atoms with Gasteiger partial charge in [0, 0.05) is 13.1 Å². The first-order chi connectivity index (χ1) is 8.01. The van der Waals surface area contributed by atoms with E-state index in [2.05, 4.69) is 17.1 Å². The number of amides is 1. The van der Waals surface area contributed by atoms with Gasteiger partial charge in [0.1, 0.15) is 0 Å². The zero-order valence-corrected chi connectivity index (χ0v) is 11.5. The van der Waals surface area contributed by atoms with Crippen molar-refractivity contribution in [3.05, 3.63) is 0 Å². The van der Waals surface area contributed by atoms with Crippen LogP contribution in [0.5, 0.6) is 0 Å². The fraction of sp³-hybridized carbons (Fsp3) is 0.923. The lowest BCUT2D eigenvalue weighted by molar-refractivity contribution is -0.124. The number of nitrogens with two attached hydrogens (primary N) is 1. The molecule has 1 atom stereocenters. The van der Waals surface area contributed by atoms with Gasteiger partial charge in [-0.25, -0.2) is 0 Å². The summed E-state index contributed by atoms with van der Waals surface area (Å²) in [6.07, 6.45) is 4.91. The van der Waals surface area contributed by atoms with E-state index < -0.39 is 5.54 Å². The molecule has 4 heteroatoms. The lowest BCUT2D eigenvalue weighted by atomic mass is 9.85. The summed E-state index contributed by atoms with van der Waals surface area (Å²) >= 11 is 0. The monoisotopic (exact) mass is 241 g/mol. The van der Waals surface area contributed by atoms with Crippen LogP contribution in [0.3, 0.4) is 0 Å². The fourth-order valence-corrected chi connectivity index (χ4v) is 2.17. The van der Waals surface area contributed by atoms with E-state index in [1.807, 2.05) is 6.92 Å². The van der Waals surface area contributed by atoms with Crippen molar-refractivity contribution in [2.75, 3.05) is 26.7 Å². The third-order valence-electron chi connectivity index (χ3n) is 4.21. The Balaban J connectivity index is 2.37. The van der Waals surface area contributed by atoms with Gasteiger partial charge in [0.25, 0.3) is 0 Å². The molecule has 0 spiro atoms. The second-order valence-electron chi connectivity index (χ2n) is 5.39. The number of nitrogens with zero attached hydrogens (tertiary/aromatic N) is 1. The predicted octanol–water partition coefficient (Wildman–Crippen LogP) is 0.962. The van der Waals surface area contributed by atoms with E-state index in [9.17, 15) is 4.79 Å². The molecular weight excluding hydrogens is 214 g/mol. The SMILES string of the molecule is CCN(CCC(C)(NC)C(N)=O)CC1CCC1. The van der Waals surface area contributed by atoms with Crippen LogP contribution in [0.2, 0.25) is 0 Å². The maximum Gasteiger partial charge on any atom is 0.237 e. The standard InChI is InChI=1S/C13H27N3O/c1-4-16(10-11-6-5-7-11)9-8-13(2,15-3)12(14)17/h11,15H,4-10H2,1-3H3,(H2,14,17). The number of carbonyl (C=O) groups is 1. The molecule has 0 radical (unpaired) electrons. The van der Waals surface area contributed by atoms with Gasteiger partial charge in [-0.3, -0.25) is 4.79 Å². The number of nitrogens with one attached hydrogen (secondary N) is 1. The Morgan fingerprint density at radius 1 is 1.53 bits per heavy atom. The average molecular weight is 241 g/mol. The van der Waals surface area contributed by atoms with Crippen LogP contribution < -0.4 is 11.1 Å². The summed E-state index contributed by atoms with van der Waals surface area (Å²) in [5.41, 5.74) is 4.85. The van der Waals surface area contributed by atoms with Crippen LogP contribution in [-0.4, -0.2) is 43.0 Å². The summed E-state index contributed by atoms with van der Waals surface area (Å²) in [6.45, 7) is 7.23. The lowest BCUT2D eigenvalue weighted by Crippen LogP contribution is -2.53.